The van der Waals surface area contributed by atoms with Crippen LogP contribution in [-0.2, 0) is 6.54 Å². The Hall–Kier alpha value is -2.12. The number of hydrogen-bond donors (Lipinski definition) is 0. The summed E-state index contributed by atoms with van der Waals surface area (Å²) in [7, 11) is 0. The van der Waals surface area contributed by atoms with Crippen molar-refractivity contribution in [2.24, 2.45) is 10.8 Å². The molecule has 1 fully saturated rings. The molecule has 0 radical (unpaired) electrons. The van der Waals surface area contributed by atoms with Crippen molar-refractivity contribution in [2.75, 3.05) is 19.6 Å². The highest BCUT2D eigenvalue weighted by molar-refractivity contribution is 5.30. The van der Waals surface area contributed by atoms with Crippen molar-refractivity contribution in [3.63, 3.8) is 0 Å². The summed E-state index contributed by atoms with van der Waals surface area (Å²) in [6.45, 7) is 17.9. The molecule has 0 bridgehead atoms. The van der Waals surface area contributed by atoms with E-state index < -0.39 is 0 Å². The van der Waals surface area contributed by atoms with Crippen LogP contribution in [0.5, 0.6) is 0 Å². The highest BCUT2D eigenvalue weighted by atomic mass is 15.3. The zero-order valence-electron chi connectivity index (χ0n) is 15.6. The summed E-state index contributed by atoms with van der Waals surface area (Å²) in [5.41, 5.74) is 2.68. The van der Waals surface area contributed by atoms with E-state index in [0.717, 1.165) is 38.2 Å². The number of likely N-dealkylation sites (tertiary alicyclic amines) is 1. The molecule has 25 heavy (non-hydrogen) atoms. The van der Waals surface area contributed by atoms with Crippen LogP contribution >= 0.6 is 0 Å². The summed E-state index contributed by atoms with van der Waals surface area (Å²) in [4.78, 5) is 6.26. The Morgan fingerprint density at radius 3 is 2.44 bits per heavy atom. The van der Waals surface area contributed by atoms with Crippen molar-refractivity contribution in [3.8, 4) is 5.69 Å². The average Bonchev–Trinajstić information content (AvgIpc) is 3.05. The second-order valence-electron chi connectivity index (χ2n) is 8.25. The number of benzene rings is 1. The molecule has 0 amide bonds. The van der Waals surface area contributed by atoms with Gasteiger partial charge in [0.15, 0.2) is 0 Å². The third kappa shape index (κ3) is 3.77. The minimum atomic E-state index is 0.152. The third-order valence-corrected chi connectivity index (χ3v) is 5.85. The van der Waals surface area contributed by atoms with Crippen LogP contribution in [0.1, 0.15) is 39.2 Å². The molecule has 0 N–H and O–H groups in total. The van der Waals surface area contributed by atoms with Gasteiger partial charge in [-0.2, -0.15) is 5.10 Å². The first-order valence-electron chi connectivity index (χ1n) is 9.08. The molecule has 0 unspecified atom stereocenters. The lowest BCUT2D eigenvalue weighted by Crippen LogP contribution is -2.47. The highest BCUT2D eigenvalue weighted by Gasteiger charge is 2.46. The van der Waals surface area contributed by atoms with Gasteiger partial charge in [-0.25, -0.2) is 11.3 Å². The Balaban J connectivity index is 1.63. The zero-order valence-corrected chi connectivity index (χ0v) is 15.6. The Morgan fingerprint density at radius 2 is 1.84 bits per heavy atom. The summed E-state index contributed by atoms with van der Waals surface area (Å²) in [5, 5.41) is 4.50. The van der Waals surface area contributed by atoms with Crippen LogP contribution in [0.15, 0.2) is 42.7 Å². The molecule has 0 saturated carbocycles. The summed E-state index contributed by atoms with van der Waals surface area (Å²) in [6.07, 6.45) is 6.30. The number of hydrogen-bond acceptors (Lipinski definition) is 2. The molecule has 0 aliphatic carbocycles. The predicted octanol–water partition coefficient (Wildman–Crippen LogP) is 4.42. The van der Waals surface area contributed by atoms with E-state index in [-0.39, 0.29) is 10.8 Å². The second kappa shape index (κ2) is 7.01. The van der Waals surface area contributed by atoms with Crippen LogP contribution in [-0.4, -0.2) is 34.3 Å². The molecule has 1 aliphatic rings. The number of aromatic nitrogens is 2. The van der Waals surface area contributed by atoms with Crippen molar-refractivity contribution in [2.45, 2.75) is 40.2 Å². The molecule has 2 aromatic rings. The molecule has 0 spiro atoms. The topological polar surface area (TPSA) is 25.4 Å². The van der Waals surface area contributed by atoms with Gasteiger partial charge >= 0.3 is 0 Å². The van der Waals surface area contributed by atoms with Gasteiger partial charge in [0, 0.05) is 23.7 Å². The van der Waals surface area contributed by atoms with Gasteiger partial charge in [0.2, 0.25) is 6.54 Å². The van der Waals surface area contributed by atoms with E-state index in [1.165, 1.54) is 5.56 Å². The summed E-state index contributed by atoms with van der Waals surface area (Å²) < 4.78 is 1.94. The van der Waals surface area contributed by atoms with E-state index in [1.54, 1.807) is 0 Å². The van der Waals surface area contributed by atoms with Gasteiger partial charge in [-0.3, -0.25) is 4.90 Å². The van der Waals surface area contributed by atoms with Crippen LogP contribution in [0.2, 0.25) is 0 Å². The first-order chi connectivity index (χ1) is 11.9. The van der Waals surface area contributed by atoms with Crippen LogP contribution < -0.4 is 0 Å². The maximum Gasteiger partial charge on any atom is 0.220 e. The smallest absolute Gasteiger partial charge is 0.220 e. The lowest BCUT2D eigenvalue weighted by molar-refractivity contribution is 0.0173. The van der Waals surface area contributed by atoms with E-state index in [4.69, 9.17) is 6.57 Å². The Labute approximate surface area is 151 Å². The minimum absolute atomic E-state index is 0.152. The summed E-state index contributed by atoms with van der Waals surface area (Å²) >= 11 is 0. The molecular formula is C21H28N4. The van der Waals surface area contributed by atoms with Gasteiger partial charge in [0.25, 0.3) is 0 Å². The minimum Gasteiger partial charge on any atom is -0.316 e. The summed E-state index contributed by atoms with van der Waals surface area (Å²) in [6, 6.07) is 10.2. The number of para-hydroxylation sites is 1. The summed E-state index contributed by atoms with van der Waals surface area (Å²) in [5.74, 6) is 0. The Kier molecular flexibility index (Phi) is 4.96. The predicted molar refractivity (Wildman–Crippen MR) is 101 cm³/mol. The van der Waals surface area contributed by atoms with Gasteiger partial charge in [0.1, 0.15) is 0 Å². The van der Waals surface area contributed by atoms with E-state index in [0.29, 0.717) is 6.54 Å². The lowest BCUT2D eigenvalue weighted by Gasteiger charge is -2.46. The van der Waals surface area contributed by atoms with Crippen LogP contribution in [0.3, 0.4) is 0 Å². The zero-order chi connectivity index (χ0) is 17.9. The second-order valence-corrected chi connectivity index (χ2v) is 8.25. The normalized spacial score (nSPS) is 18.0. The fourth-order valence-electron chi connectivity index (χ4n) is 3.86. The fraction of sp³-hybridized carbons (Fsp3) is 0.524. The Bertz CT molecular complexity index is 725. The van der Waals surface area contributed by atoms with Crippen LogP contribution in [0, 0.1) is 17.4 Å². The third-order valence-electron chi connectivity index (χ3n) is 5.85. The quantitative estimate of drug-likeness (QED) is 0.772. The molecule has 1 saturated heterocycles. The molecule has 2 heterocycles. The number of nitrogens with zero attached hydrogens (tertiary/aromatic N) is 4. The van der Waals surface area contributed by atoms with E-state index in [9.17, 15) is 0 Å². The van der Waals surface area contributed by atoms with E-state index in [1.807, 2.05) is 29.1 Å². The van der Waals surface area contributed by atoms with Gasteiger partial charge < -0.3 is 4.85 Å². The van der Waals surface area contributed by atoms with Gasteiger partial charge in [-0.15, -0.1) is 0 Å². The lowest BCUT2D eigenvalue weighted by atomic mass is 9.61. The standard InChI is InChI=1S/C21H28N4/c1-20(2,3)21(17-22-4)10-12-24(13-11-21)15-18-14-23-25(16-18)19-8-6-5-7-9-19/h5-9,14,16H,10-13,15,17H2,1-3H3. The fourth-order valence-corrected chi connectivity index (χ4v) is 3.86. The molecule has 1 aromatic heterocycles. The molecule has 1 aliphatic heterocycles. The molecule has 132 valence electrons. The molecule has 4 nitrogen and oxygen atoms in total. The molecule has 4 heteroatoms. The maximum atomic E-state index is 7.36. The van der Waals surface area contributed by atoms with Crippen molar-refractivity contribution in [1.29, 1.82) is 0 Å². The SMILES string of the molecule is [C-]#[N+]CC1(C(C)(C)C)CCN(Cc2cnn(-c3ccccc3)c2)CC1. The van der Waals surface area contributed by atoms with Gasteiger partial charge in [-0.1, -0.05) is 39.0 Å². The molecule has 3 rings (SSSR count). The number of rotatable bonds is 4. The van der Waals surface area contributed by atoms with Gasteiger partial charge in [-0.05, 0) is 43.5 Å². The van der Waals surface area contributed by atoms with Crippen molar-refractivity contribution in [3.05, 3.63) is 59.7 Å². The van der Waals surface area contributed by atoms with Crippen LogP contribution in [0.25, 0.3) is 10.5 Å². The highest BCUT2D eigenvalue weighted by Crippen LogP contribution is 2.47. The van der Waals surface area contributed by atoms with Crippen molar-refractivity contribution < 1.29 is 0 Å². The monoisotopic (exact) mass is 336 g/mol. The molecular weight excluding hydrogens is 308 g/mol. The van der Waals surface area contributed by atoms with Gasteiger partial charge in [0.05, 0.1) is 11.9 Å². The largest absolute Gasteiger partial charge is 0.316 e. The average molecular weight is 336 g/mol. The van der Waals surface area contributed by atoms with E-state index >= 15 is 0 Å². The van der Waals surface area contributed by atoms with Crippen LogP contribution in [0.4, 0.5) is 0 Å². The first kappa shape index (κ1) is 17.7. The van der Waals surface area contributed by atoms with Crippen molar-refractivity contribution in [1.82, 2.24) is 14.7 Å². The Morgan fingerprint density at radius 1 is 1.16 bits per heavy atom. The first-order valence-corrected chi connectivity index (χ1v) is 9.08. The van der Waals surface area contributed by atoms with Crippen molar-refractivity contribution >= 4 is 0 Å². The number of piperidine rings is 1. The molecule has 0 atom stereocenters. The maximum absolute atomic E-state index is 7.36. The molecule has 1 aromatic carbocycles. The van der Waals surface area contributed by atoms with E-state index in [2.05, 4.69) is 53.9 Å².